The minimum absolute atomic E-state index is 0.0331. The molecule has 1 aromatic rings. The number of ether oxygens (including phenoxy) is 2. The summed E-state index contributed by atoms with van der Waals surface area (Å²) in [7, 11) is -7.75. The fourth-order valence-corrected chi connectivity index (χ4v) is 12.0. The molecular weight excluding hydrogens is 757 g/mol. The smallest absolute Gasteiger partial charge is 0.409 e. The average molecular weight is 815 g/mol. The van der Waals surface area contributed by atoms with Gasteiger partial charge in [0.1, 0.15) is 24.1 Å². The Morgan fingerprint density at radius 1 is 1.00 bits per heavy atom. The van der Waals surface area contributed by atoms with E-state index < -0.39 is 83.0 Å². The third-order valence-electron chi connectivity index (χ3n) is 11.5. The predicted molar refractivity (Wildman–Crippen MR) is 214 cm³/mol. The van der Waals surface area contributed by atoms with Gasteiger partial charge in [-0.3, -0.25) is 24.5 Å². The fourth-order valence-electron chi connectivity index (χ4n) is 8.24. The summed E-state index contributed by atoms with van der Waals surface area (Å²) in [6.45, 7) is 6.88. The Morgan fingerprint density at radius 3 is 2.41 bits per heavy atom. The van der Waals surface area contributed by atoms with Crippen molar-refractivity contribution in [2.24, 2.45) is 11.8 Å². The molecule has 6 rings (SSSR count). The summed E-state index contributed by atoms with van der Waals surface area (Å²) in [6.07, 6.45) is 13.7. The highest BCUT2D eigenvalue weighted by atomic mass is 32.2. The van der Waals surface area contributed by atoms with Gasteiger partial charge in [0.2, 0.25) is 15.9 Å². The first-order valence-corrected chi connectivity index (χ1v) is 23.2. The zero-order valence-electron chi connectivity index (χ0n) is 33.0. The number of carbonyl (C=O) groups excluding carboxylic acids is 3. The highest BCUT2D eigenvalue weighted by molar-refractivity contribution is 7.92. The van der Waals surface area contributed by atoms with Crippen LogP contribution in [0.4, 0.5) is 4.79 Å². The quantitative estimate of drug-likeness (QED) is 0.284. The summed E-state index contributed by atoms with van der Waals surface area (Å²) in [5.74, 6) is -2.36. The van der Waals surface area contributed by atoms with Crippen LogP contribution in [0.1, 0.15) is 104 Å². The van der Waals surface area contributed by atoms with Crippen molar-refractivity contribution < 1.29 is 40.7 Å². The molecule has 1 aromatic carbocycles. The molecule has 3 N–H and O–H groups in total. The molecule has 2 aliphatic heterocycles. The molecule has 3 fully saturated rings. The van der Waals surface area contributed by atoms with Crippen molar-refractivity contribution in [3.05, 3.63) is 66.3 Å². The molecule has 3 amide bonds. The molecule has 15 heteroatoms. The van der Waals surface area contributed by atoms with Gasteiger partial charge in [-0.05, 0) is 96.1 Å². The van der Waals surface area contributed by atoms with Gasteiger partial charge in [0.05, 0.1) is 21.8 Å². The second-order valence-corrected chi connectivity index (χ2v) is 21.4. The molecule has 1 saturated heterocycles. The zero-order chi connectivity index (χ0) is 40.4. The molecule has 0 radical (unpaired) electrons. The molecule has 0 spiro atoms. The van der Waals surface area contributed by atoms with Crippen LogP contribution in [-0.2, 0) is 38.9 Å². The van der Waals surface area contributed by atoms with Crippen molar-refractivity contribution in [3.63, 3.8) is 0 Å². The lowest BCUT2D eigenvalue weighted by atomic mass is 9.82. The monoisotopic (exact) mass is 814 g/mol. The molecule has 2 saturated carbocycles. The van der Waals surface area contributed by atoms with Crippen molar-refractivity contribution in [2.45, 2.75) is 132 Å². The standard InChI is InChI=1S/C41H58N4O9S2/c1-5-24-55(49,50)40(31-20-18-30(19-21-31)29-14-10-9-11-15-29)26-34-36(46)43-41(37(47)44-56(51,52)33-22-23-33)25-32(41)16-12-7-6-8-13-17-35(53-28-45(34)27-40)42-38(48)54-39(2,3)4/h9-12,14-16,18-20,31-35H,5-8,13,17,21-28H2,1-4H3,(H,42,48)(H,43,46)(H,44,47)/b16-12-/t31?,32-,34-,35+,40-,41+/m0/s1. The Hall–Kier alpha value is -3.53. The Bertz CT molecular complexity index is 1940. The molecule has 6 atom stereocenters. The molecule has 5 aliphatic rings. The SMILES string of the molecule is CCCS(=O)(=O)[C@@]1(C2C=CC(c3ccccc3)=CC2)C[C@H]2C(=O)N[C@]3(C(=O)NS(=O)(=O)C4CC4)C[C@@H]3/C=C\CCCCC[C@H](NC(=O)OC(C)(C)C)OCN2C1. The molecule has 0 aromatic heterocycles. The number of benzene rings is 1. The lowest BCUT2D eigenvalue weighted by Gasteiger charge is -2.36. The van der Waals surface area contributed by atoms with Gasteiger partial charge in [-0.25, -0.2) is 21.6 Å². The van der Waals surface area contributed by atoms with E-state index in [2.05, 4.69) is 15.4 Å². The van der Waals surface area contributed by atoms with Crippen molar-refractivity contribution in [1.29, 1.82) is 0 Å². The van der Waals surface area contributed by atoms with Gasteiger partial charge in [-0.15, -0.1) is 0 Å². The van der Waals surface area contributed by atoms with E-state index in [4.69, 9.17) is 9.47 Å². The second-order valence-electron chi connectivity index (χ2n) is 17.0. The van der Waals surface area contributed by atoms with Crippen molar-refractivity contribution in [2.75, 3.05) is 19.0 Å². The summed E-state index contributed by atoms with van der Waals surface area (Å²) >= 11 is 0. The maximum absolute atomic E-state index is 14.7. The first-order valence-electron chi connectivity index (χ1n) is 20.0. The highest BCUT2D eigenvalue weighted by Crippen LogP contribution is 2.48. The van der Waals surface area contributed by atoms with Gasteiger partial charge in [-0.2, -0.15) is 0 Å². The van der Waals surface area contributed by atoms with Gasteiger partial charge in [0.25, 0.3) is 5.91 Å². The topological polar surface area (TPSA) is 177 Å². The van der Waals surface area contributed by atoms with Crippen LogP contribution in [0.2, 0.25) is 0 Å². The van der Waals surface area contributed by atoms with Crippen LogP contribution in [0.5, 0.6) is 0 Å². The summed E-state index contributed by atoms with van der Waals surface area (Å²) in [4.78, 5) is 43.2. The van der Waals surface area contributed by atoms with E-state index in [1.165, 1.54) is 0 Å². The number of alkyl carbamates (subject to hydrolysis) is 1. The fraction of sp³-hybridized carbons (Fsp3) is 0.634. The largest absolute Gasteiger partial charge is 0.444 e. The Labute approximate surface area is 332 Å². The van der Waals surface area contributed by atoms with E-state index in [1.54, 1.807) is 25.7 Å². The number of nitrogens with zero attached hydrogens (tertiary/aromatic N) is 1. The molecule has 2 heterocycles. The molecule has 3 aliphatic carbocycles. The maximum Gasteiger partial charge on any atom is 0.409 e. The van der Waals surface area contributed by atoms with Crippen molar-refractivity contribution in [3.8, 4) is 0 Å². The first kappa shape index (κ1) is 42.1. The third-order valence-corrected chi connectivity index (χ3v) is 16.1. The summed E-state index contributed by atoms with van der Waals surface area (Å²) in [6, 6.07) is 8.78. The van der Waals surface area contributed by atoms with Crippen molar-refractivity contribution >= 4 is 43.3 Å². The summed E-state index contributed by atoms with van der Waals surface area (Å²) in [5.41, 5.74) is -0.263. The van der Waals surface area contributed by atoms with Gasteiger partial charge < -0.3 is 14.8 Å². The highest BCUT2D eigenvalue weighted by Gasteiger charge is 2.63. The Kier molecular flexibility index (Phi) is 12.6. The van der Waals surface area contributed by atoms with Gasteiger partial charge in [0.15, 0.2) is 9.84 Å². The van der Waals surface area contributed by atoms with E-state index >= 15 is 0 Å². The lowest BCUT2D eigenvalue weighted by Crippen LogP contribution is -2.56. The number of rotatable bonds is 9. The Balaban J connectivity index is 1.34. The number of sulfonamides is 1. The van der Waals surface area contributed by atoms with E-state index in [9.17, 15) is 31.2 Å². The number of allylic oxidation sites excluding steroid dienone is 5. The molecule has 56 heavy (non-hydrogen) atoms. The number of hydrogen-bond donors (Lipinski definition) is 3. The van der Waals surface area contributed by atoms with Gasteiger partial charge in [0, 0.05) is 18.4 Å². The molecule has 1 unspecified atom stereocenters. The van der Waals surface area contributed by atoms with Crippen molar-refractivity contribution in [1.82, 2.24) is 20.3 Å². The first-order chi connectivity index (χ1) is 26.5. The molecule has 0 bridgehead atoms. The van der Waals surface area contributed by atoms with Crippen LogP contribution in [0, 0.1) is 11.8 Å². The second kappa shape index (κ2) is 16.8. The van der Waals surface area contributed by atoms with E-state index in [0.29, 0.717) is 44.9 Å². The number of amides is 3. The maximum atomic E-state index is 14.7. The van der Waals surface area contributed by atoms with Crippen LogP contribution in [0.15, 0.2) is 60.7 Å². The summed E-state index contributed by atoms with van der Waals surface area (Å²) < 4.78 is 67.8. The predicted octanol–water partition coefficient (Wildman–Crippen LogP) is 5.11. The average Bonchev–Trinajstić information content (AvgIpc) is 4.06. The Morgan fingerprint density at radius 2 is 1.75 bits per heavy atom. The van der Waals surface area contributed by atoms with Crippen LogP contribution in [-0.4, -0.2) is 92.1 Å². The lowest BCUT2D eigenvalue weighted by molar-refractivity contribution is -0.134. The number of fused-ring (bicyclic) bond motifs is 2. The molecular formula is C41H58N4O9S2. The van der Waals surface area contributed by atoms with E-state index in [1.807, 2.05) is 67.6 Å². The molecule has 13 nitrogen and oxygen atoms in total. The van der Waals surface area contributed by atoms with Crippen LogP contribution in [0.25, 0.3) is 5.57 Å². The minimum atomic E-state index is -3.91. The van der Waals surface area contributed by atoms with Crippen LogP contribution in [0.3, 0.4) is 0 Å². The van der Waals surface area contributed by atoms with Gasteiger partial charge in [-0.1, -0.05) is 74.1 Å². The van der Waals surface area contributed by atoms with Crippen LogP contribution >= 0.6 is 0 Å². The minimum Gasteiger partial charge on any atom is -0.444 e. The molecule has 308 valence electrons. The third kappa shape index (κ3) is 9.59. The van der Waals surface area contributed by atoms with Gasteiger partial charge >= 0.3 is 6.09 Å². The normalized spacial score (nSPS) is 31.2. The number of nitrogens with one attached hydrogen (secondary N) is 3. The number of hydrogen-bond acceptors (Lipinski definition) is 10. The number of carbonyl (C=O) groups is 3. The van der Waals surface area contributed by atoms with E-state index in [0.717, 1.165) is 24.0 Å². The zero-order valence-corrected chi connectivity index (χ0v) is 34.6. The number of sulfone groups is 1. The van der Waals surface area contributed by atoms with Crippen LogP contribution < -0.4 is 15.4 Å². The van der Waals surface area contributed by atoms with E-state index in [-0.39, 0.29) is 31.9 Å². The summed E-state index contributed by atoms with van der Waals surface area (Å²) in [5, 5.41) is 5.14.